The molecule has 0 aliphatic heterocycles. The zero-order valence-corrected chi connectivity index (χ0v) is 15.2. The lowest BCUT2D eigenvalue weighted by atomic mass is 10.2. The summed E-state index contributed by atoms with van der Waals surface area (Å²) in [4.78, 5) is 63.2. The fraction of sp³-hybridized carbons (Fsp3) is 0.706. The first-order valence-corrected chi connectivity index (χ1v) is 9.04. The van der Waals surface area contributed by atoms with Crippen LogP contribution >= 0.6 is 0 Å². The molecule has 0 bridgehead atoms. The summed E-state index contributed by atoms with van der Waals surface area (Å²) in [6.45, 7) is 1.42. The van der Waals surface area contributed by atoms with Crippen molar-refractivity contribution in [3.05, 3.63) is 31.0 Å². The molecule has 0 fully saturated rings. The molecule has 0 spiro atoms. The minimum absolute atomic E-state index is 0.267. The van der Waals surface area contributed by atoms with Gasteiger partial charge in [0, 0.05) is 6.54 Å². The van der Waals surface area contributed by atoms with E-state index in [2.05, 4.69) is 9.98 Å². The first-order chi connectivity index (χ1) is 13.1. The van der Waals surface area contributed by atoms with Crippen molar-refractivity contribution >= 4 is 12.2 Å². The summed E-state index contributed by atoms with van der Waals surface area (Å²) in [5.74, 6) is 0. The smallest absolute Gasteiger partial charge is 0.316 e. The molecule has 0 aromatic carbocycles. The number of rotatable bonds is 14. The van der Waals surface area contributed by atoms with Crippen LogP contribution in [0.15, 0.2) is 28.9 Å². The molecular weight excluding hydrogens is 356 g/mol. The van der Waals surface area contributed by atoms with Crippen molar-refractivity contribution in [3.63, 3.8) is 0 Å². The maximum absolute atomic E-state index is 12.1. The van der Waals surface area contributed by atoms with Crippen LogP contribution < -0.4 is 16.6 Å². The molecule has 1 rings (SSSR count). The summed E-state index contributed by atoms with van der Waals surface area (Å²) in [6, 6.07) is 0. The van der Waals surface area contributed by atoms with Crippen molar-refractivity contribution in [3.8, 4) is 0 Å². The molecule has 148 valence electrons. The van der Waals surface area contributed by atoms with E-state index in [-0.39, 0.29) is 6.54 Å². The van der Waals surface area contributed by atoms with Gasteiger partial charge in [-0.3, -0.25) is 9.59 Å². The van der Waals surface area contributed by atoms with E-state index >= 15 is 0 Å². The van der Waals surface area contributed by atoms with E-state index in [4.69, 9.17) is 4.52 Å². The van der Waals surface area contributed by atoms with Crippen molar-refractivity contribution in [1.29, 1.82) is 0 Å². The van der Waals surface area contributed by atoms with Gasteiger partial charge in [-0.2, -0.15) is 0 Å². The van der Waals surface area contributed by atoms with E-state index in [0.717, 1.165) is 43.4 Å². The summed E-state index contributed by atoms with van der Waals surface area (Å²) < 4.78 is 6.13. The highest BCUT2D eigenvalue weighted by molar-refractivity contribution is 5.32. The summed E-state index contributed by atoms with van der Waals surface area (Å²) >= 11 is 0. The van der Waals surface area contributed by atoms with Crippen LogP contribution in [0, 0.1) is 0 Å². The first kappa shape index (κ1) is 22.2. The molecule has 0 unspecified atom stereocenters. The van der Waals surface area contributed by atoms with Gasteiger partial charge in [0.1, 0.15) is 0 Å². The van der Waals surface area contributed by atoms with E-state index in [1.807, 2.05) is 0 Å². The van der Waals surface area contributed by atoms with Crippen molar-refractivity contribution < 1.29 is 14.1 Å². The quantitative estimate of drug-likeness (QED) is 0.202. The lowest BCUT2D eigenvalue weighted by Crippen LogP contribution is -2.48. The third-order valence-corrected chi connectivity index (χ3v) is 3.96. The van der Waals surface area contributed by atoms with Crippen LogP contribution in [-0.4, -0.2) is 34.8 Å². The third kappa shape index (κ3) is 8.40. The number of nitrogens with zero attached hydrogens (tertiary/aromatic N) is 4. The molecule has 1 aromatic heterocycles. The fourth-order valence-electron chi connectivity index (χ4n) is 2.56. The monoisotopic (exact) mass is 380 g/mol. The predicted molar refractivity (Wildman–Crippen MR) is 96.4 cm³/mol. The van der Waals surface area contributed by atoms with Gasteiger partial charge >= 0.3 is 16.6 Å². The lowest BCUT2D eigenvalue weighted by molar-refractivity contribution is 0.129. The standard InChI is InChI=1S/C17H24N4O6/c22-13-18-9-5-1-3-7-11-20-16(25)15(24)17(26)27-21(20)12-8-4-2-6-10-19-14-23/h1-12H2. The van der Waals surface area contributed by atoms with Crippen LogP contribution in [-0.2, 0) is 22.7 Å². The summed E-state index contributed by atoms with van der Waals surface area (Å²) in [5.41, 5.74) is -3.21. The van der Waals surface area contributed by atoms with Crippen molar-refractivity contribution in [2.45, 2.75) is 64.5 Å². The number of aryl methyl sites for hydroxylation is 1. The molecule has 0 atom stereocenters. The third-order valence-electron chi connectivity index (χ3n) is 3.96. The van der Waals surface area contributed by atoms with E-state index in [1.54, 1.807) is 0 Å². The maximum Gasteiger partial charge on any atom is 0.410 e. The van der Waals surface area contributed by atoms with Crippen molar-refractivity contribution in [1.82, 2.24) is 9.54 Å². The molecule has 27 heavy (non-hydrogen) atoms. The maximum atomic E-state index is 12.1. The average Bonchev–Trinajstić information content (AvgIpc) is 2.66. The van der Waals surface area contributed by atoms with Gasteiger partial charge in [-0.25, -0.2) is 29.1 Å². The number of aliphatic imine (C=N–C) groups is 2. The Bertz CT molecular complexity index is 840. The van der Waals surface area contributed by atoms with E-state index < -0.39 is 16.6 Å². The number of hydrogen-bond donors (Lipinski definition) is 0. The molecule has 1 aromatic rings. The SMILES string of the molecule is O=C=NCCCCCCn1oc(=O)c(=O)c(=O)n1CCCCCCN=C=O. The largest absolute Gasteiger partial charge is 0.410 e. The van der Waals surface area contributed by atoms with Gasteiger partial charge in [0.05, 0.1) is 19.6 Å². The normalized spacial score (nSPS) is 10.2. The molecule has 0 saturated heterocycles. The zero-order valence-electron chi connectivity index (χ0n) is 15.2. The fourth-order valence-corrected chi connectivity index (χ4v) is 2.56. The van der Waals surface area contributed by atoms with Gasteiger partial charge in [-0.05, 0) is 25.7 Å². The van der Waals surface area contributed by atoms with E-state index in [1.165, 1.54) is 16.8 Å². The molecule has 0 N–H and O–H groups in total. The average molecular weight is 380 g/mol. The number of aromatic nitrogens is 2. The van der Waals surface area contributed by atoms with Gasteiger partial charge in [0.25, 0.3) is 0 Å². The molecule has 0 radical (unpaired) electrons. The predicted octanol–water partition coefficient (Wildman–Crippen LogP) is 0.756. The van der Waals surface area contributed by atoms with Gasteiger partial charge in [0.15, 0.2) is 0 Å². The molecule has 0 aliphatic rings. The number of carbonyl (C=O) groups excluding carboxylic acids is 2. The molecule has 0 saturated carbocycles. The Balaban J connectivity index is 2.58. The van der Waals surface area contributed by atoms with Crippen molar-refractivity contribution in [2.24, 2.45) is 9.98 Å². The van der Waals surface area contributed by atoms with Gasteiger partial charge in [-0.15, -0.1) is 4.85 Å². The van der Waals surface area contributed by atoms with Crippen LogP contribution in [0.4, 0.5) is 0 Å². The molecule has 0 aliphatic carbocycles. The van der Waals surface area contributed by atoms with E-state index in [0.29, 0.717) is 32.5 Å². The Morgan fingerprint density at radius 1 is 0.741 bits per heavy atom. The molecular formula is C17H24N4O6. The summed E-state index contributed by atoms with van der Waals surface area (Å²) in [5, 5.41) is 0. The zero-order chi connectivity index (χ0) is 19.9. The van der Waals surface area contributed by atoms with Crippen molar-refractivity contribution in [2.75, 3.05) is 13.1 Å². The first-order valence-electron chi connectivity index (χ1n) is 9.04. The highest BCUT2D eigenvalue weighted by Crippen LogP contribution is 2.04. The summed E-state index contributed by atoms with van der Waals surface area (Å²) in [6.07, 6.45) is 8.98. The Morgan fingerprint density at radius 2 is 1.26 bits per heavy atom. The molecule has 0 amide bonds. The Kier molecular flexibility index (Phi) is 11.0. The van der Waals surface area contributed by atoms with Crippen LogP contribution in [0.5, 0.6) is 0 Å². The van der Waals surface area contributed by atoms with Crippen LogP contribution in [0.2, 0.25) is 0 Å². The van der Waals surface area contributed by atoms with Gasteiger partial charge < -0.3 is 4.52 Å². The molecule has 10 heteroatoms. The number of hydrogen-bond acceptors (Lipinski definition) is 8. The van der Waals surface area contributed by atoms with E-state index in [9.17, 15) is 24.0 Å². The highest BCUT2D eigenvalue weighted by Gasteiger charge is 2.11. The molecule has 10 nitrogen and oxygen atoms in total. The lowest BCUT2D eigenvalue weighted by Gasteiger charge is -2.13. The number of unbranched alkanes of at least 4 members (excludes halogenated alkanes) is 6. The van der Waals surface area contributed by atoms with Gasteiger partial charge in [0.2, 0.25) is 12.2 Å². The minimum atomic E-state index is -1.17. The van der Waals surface area contributed by atoms with Crippen LogP contribution in [0.1, 0.15) is 51.4 Å². The second kappa shape index (κ2) is 13.4. The second-order valence-corrected chi connectivity index (χ2v) is 5.99. The topological polar surface area (TPSA) is 133 Å². The van der Waals surface area contributed by atoms with Gasteiger partial charge in [-0.1, -0.05) is 25.7 Å². The Labute approximate surface area is 155 Å². The van der Waals surface area contributed by atoms with Crippen LogP contribution in [0.3, 0.4) is 0 Å². The number of isocyanates is 2. The van der Waals surface area contributed by atoms with Crippen LogP contribution in [0.25, 0.3) is 0 Å². The molecule has 1 heterocycles. The Hall–Kier alpha value is -2.83. The summed E-state index contributed by atoms with van der Waals surface area (Å²) in [7, 11) is 0. The Morgan fingerprint density at radius 3 is 1.81 bits per heavy atom. The second-order valence-electron chi connectivity index (χ2n) is 5.99. The highest BCUT2D eigenvalue weighted by atomic mass is 16.5. The minimum Gasteiger partial charge on any atom is -0.316 e.